The summed E-state index contributed by atoms with van der Waals surface area (Å²) in [5, 5.41) is 6.02. The van der Waals surface area contributed by atoms with Gasteiger partial charge in [0.15, 0.2) is 5.76 Å². The van der Waals surface area contributed by atoms with Crippen LogP contribution in [0.2, 0.25) is 0 Å². The Morgan fingerprint density at radius 2 is 2.06 bits per heavy atom. The van der Waals surface area contributed by atoms with E-state index in [9.17, 15) is 0 Å². The second kappa shape index (κ2) is 3.90. The lowest BCUT2D eigenvalue weighted by molar-refractivity contribution is 0.435. The first-order valence-electron chi connectivity index (χ1n) is 4.85. The molecule has 3 aromatic rings. The Hall–Kier alpha value is -1.94. The topological polar surface area (TPSA) is 38.9 Å². The second-order valence-corrected chi connectivity index (χ2v) is 4.22. The van der Waals surface area contributed by atoms with E-state index in [0.29, 0.717) is 0 Å². The third kappa shape index (κ3) is 1.63. The molecule has 4 heteroatoms. The zero-order valence-corrected chi connectivity index (χ0v) is 9.15. The van der Waals surface area contributed by atoms with Crippen LogP contribution in [0, 0.1) is 0 Å². The number of aromatic nitrogens is 2. The summed E-state index contributed by atoms with van der Waals surface area (Å²) in [4.78, 5) is 5.30. The van der Waals surface area contributed by atoms with Crippen LogP contribution in [0.4, 0.5) is 0 Å². The lowest BCUT2D eigenvalue weighted by Gasteiger charge is -1.90. The molecule has 0 saturated heterocycles. The molecule has 0 amide bonds. The molecule has 0 bridgehead atoms. The van der Waals surface area contributed by atoms with Crippen LogP contribution in [0.15, 0.2) is 52.5 Å². The van der Waals surface area contributed by atoms with Crippen molar-refractivity contribution in [3.05, 3.63) is 48.0 Å². The van der Waals surface area contributed by atoms with Crippen molar-refractivity contribution in [2.75, 3.05) is 0 Å². The van der Waals surface area contributed by atoms with Gasteiger partial charge in [-0.2, -0.15) is 0 Å². The number of thiophene rings is 1. The third-order valence-electron chi connectivity index (χ3n) is 2.20. The molecule has 3 nitrogen and oxygen atoms in total. The molecule has 3 heterocycles. The molecule has 0 aliphatic heterocycles. The molecular formula is C12H8N2OS. The van der Waals surface area contributed by atoms with Gasteiger partial charge in [0.05, 0.1) is 10.6 Å². The van der Waals surface area contributed by atoms with Gasteiger partial charge in [-0.15, -0.1) is 11.3 Å². The number of hydrogen-bond acceptors (Lipinski definition) is 4. The molecular weight excluding hydrogens is 220 g/mol. The molecule has 78 valence electrons. The van der Waals surface area contributed by atoms with E-state index in [0.717, 1.165) is 22.0 Å². The van der Waals surface area contributed by atoms with E-state index in [-0.39, 0.29) is 0 Å². The number of pyridine rings is 1. The number of rotatable bonds is 2. The van der Waals surface area contributed by atoms with Crippen LogP contribution >= 0.6 is 11.3 Å². The van der Waals surface area contributed by atoms with Crippen LogP contribution in [0.3, 0.4) is 0 Å². The Morgan fingerprint density at radius 3 is 2.81 bits per heavy atom. The Morgan fingerprint density at radius 1 is 1.06 bits per heavy atom. The maximum atomic E-state index is 5.28. The minimum atomic E-state index is 0.768. The van der Waals surface area contributed by atoms with Crippen molar-refractivity contribution in [1.82, 2.24) is 10.1 Å². The fraction of sp³-hybridized carbons (Fsp3) is 0. The summed E-state index contributed by atoms with van der Waals surface area (Å²) in [6.45, 7) is 0. The van der Waals surface area contributed by atoms with Crippen molar-refractivity contribution < 1.29 is 4.52 Å². The van der Waals surface area contributed by atoms with Crippen LogP contribution in [0.5, 0.6) is 0 Å². The van der Waals surface area contributed by atoms with Gasteiger partial charge in [0.1, 0.15) is 5.69 Å². The third-order valence-corrected chi connectivity index (χ3v) is 3.09. The highest BCUT2D eigenvalue weighted by Crippen LogP contribution is 2.27. The molecule has 0 radical (unpaired) electrons. The highest BCUT2D eigenvalue weighted by Gasteiger charge is 2.09. The molecule has 0 saturated carbocycles. The van der Waals surface area contributed by atoms with Gasteiger partial charge in [0, 0.05) is 12.3 Å². The first-order valence-corrected chi connectivity index (χ1v) is 5.73. The van der Waals surface area contributed by atoms with Crippen molar-refractivity contribution >= 4 is 11.3 Å². The molecule has 0 fully saturated rings. The summed E-state index contributed by atoms with van der Waals surface area (Å²) in [5.74, 6) is 0.788. The van der Waals surface area contributed by atoms with Gasteiger partial charge in [0.25, 0.3) is 0 Å². The van der Waals surface area contributed by atoms with Gasteiger partial charge in [0.2, 0.25) is 0 Å². The van der Waals surface area contributed by atoms with Crippen molar-refractivity contribution in [3.8, 4) is 22.0 Å². The molecule has 3 rings (SSSR count). The minimum absolute atomic E-state index is 0.768. The number of hydrogen-bond donors (Lipinski definition) is 0. The Bertz CT molecular complexity index is 572. The van der Waals surface area contributed by atoms with E-state index in [1.807, 2.05) is 41.8 Å². The van der Waals surface area contributed by atoms with Crippen LogP contribution in [0.1, 0.15) is 0 Å². The zero-order chi connectivity index (χ0) is 10.8. The second-order valence-electron chi connectivity index (χ2n) is 3.27. The van der Waals surface area contributed by atoms with Gasteiger partial charge >= 0.3 is 0 Å². The summed E-state index contributed by atoms with van der Waals surface area (Å²) in [5.41, 5.74) is 1.60. The maximum absolute atomic E-state index is 5.28. The van der Waals surface area contributed by atoms with Gasteiger partial charge < -0.3 is 4.52 Å². The Kier molecular flexibility index (Phi) is 2.27. The van der Waals surface area contributed by atoms with E-state index < -0.39 is 0 Å². The number of nitrogens with zero attached hydrogens (tertiary/aromatic N) is 2. The van der Waals surface area contributed by atoms with Crippen LogP contribution in [-0.4, -0.2) is 10.1 Å². The summed E-state index contributed by atoms with van der Waals surface area (Å²) in [6, 6.07) is 11.6. The molecule has 0 N–H and O–H groups in total. The highest BCUT2D eigenvalue weighted by atomic mass is 32.1. The Labute approximate surface area is 96.4 Å². The smallest absolute Gasteiger partial charge is 0.177 e. The van der Waals surface area contributed by atoms with E-state index in [2.05, 4.69) is 10.1 Å². The molecule has 3 aromatic heterocycles. The molecule has 0 aliphatic rings. The summed E-state index contributed by atoms with van der Waals surface area (Å²) in [6.07, 6.45) is 1.74. The van der Waals surface area contributed by atoms with E-state index >= 15 is 0 Å². The first-order chi connectivity index (χ1) is 7.93. The van der Waals surface area contributed by atoms with Crippen LogP contribution in [-0.2, 0) is 0 Å². The maximum Gasteiger partial charge on any atom is 0.177 e. The predicted octanol–water partition coefficient (Wildman–Crippen LogP) is 3.47. The fourth-order valence-electron chi connectivity index (χ4n) is 1.45. The predicted molar refractivity (Wildman–Crippen MR) is 63.0 cm³/mol. The van der Waals surface area contributed by atoms with E-state index in [1.54, 1.807) is 17.5 Å². The van der Waals surface area contributed by atoms with Gasteiger partial charge in [-0.3, -0.25) is 4.98 Å². The average Bonchev–Trinajstić information content (AvgIpc) is 3.01. The molecule has 0 aromatic carbocycles. The largest absolute Gasteiger partial charge is 0.355 e. The summed E-state index contributed by atoms with van der Waals surface area (Å²) < 4.78 is 5.28. The molecule has 0 unspecified atom stereocenters. The van der Waals surface area contributed by atoms with Crippen molar-refractivity contribution in [3.63, 3.8) is 0 Å². The average molecular weight is 228 g/mol. The lowest BCUT2D eigenvalue weighted by Crippen LogP contribution is -1.79. The van der Waals surface area contributed by atoms with Gasteiger partial charge in [-0.25, -0.2) is 0 Å². The minimum Gasteiger partial charge on any atom is -0.355 e. The monoisotopic (exact) mass is 228 g/mol. The quantitative estimate of drug-likeness (QED) is 0.674. The van der Waals surface area contributed by atoms with Crippen molar-refractivity contribution in [1.29, 1.82) is 0 Å². The van der Waals surface area contributed by atoms with E-state index in [4.69, 9.17) is 4.52 Å². The zero-order valence-electron chi connectivity index (χ0n) is 8.33. The van der Waals surface area contributed by atoms with Crippen molar-refractivity contribution in [2.45, 2.75) is 0 Å². The Balaban J connectivity index is 2.00. The van der Waals surface area contributed by atoms with Gasteiger partial charge in [-0.05, 0) is 23.6 Å². The molecule has 0 aliphatic carbocycles. The van der Waals surface area contributed by atoms with E-state index in [1.165, 1.54) is 0 Å². The van der Waals surface area contributed by atoms with Crippen LogP contribution < -0.4 is 0 Å². The van der Waals surface area contributed by atoms with Crippen molar-refractivity contribution in [2.24, 2.45) is 0 Å². The molecule has 16 heavy (non-hydrogen) atoms. The highest BCUT2D eigenvalue weighted by molar-refractivity contribution is 7.13. The normalized spacial score (nSPS) is 10.5. The SMILES string of the molecule is c1ccc(-c2cc(-c3cccs3)on2)nc1. The summed E-state index contributed by atoms with van der Waals surface area (Å²) >= 11 is 1.63. The fourth-order valence-corrected chi connectivity index (χ4v) is 2.12. The standard InChI is InChI=1S/C12H8N2OS/c1-2-6-13-9(4-1)10-8-11(15-14-10)12-5-3-7-16-12/h1-8H. The molecule has 0 atom stereocenters. The lowest BCUT2D eigenvalue weighted by atomic mass is 10.2. The summed E-state index contributed by atoms with van der Waals surface area (Å²) in [7, 11) is 0. The first kappa shape index (κ1) is 9.30. The molecule has 0 spiro atoms. The van der Waals surface area contributed by atoms with Crippen LogP contribution in [0.25, 0.3) is 22.0 Å². The van der Waals surface area contributed by atoms with Gasteiger partial charge in [-0.1, -0.05) is 17.3 Å².